The third-order valence-corrected chi connectivity index (χ3v) is 5.35. The summed E-state index contributed by atoms with van der Waals surface area (Å²) in [6, 6.07) is 0. The first-order valence-corrected chi connectivity index (χ1v) is 9.43. The normalized spacial score (nSPS) is 13.9. The SMILES string of the molecule is CCC(CCCCCCCCCC(C)(C)CC)C(C)C. The van der Waals surface area contributed by atoms with Crippen molar-refractivity contribution in [2.24, 2.45) is 17.3 Å². The fourth-order valence-corrected chi connectivity index (χ4v) is 3.08. The molecule has 0 radical (unpaired) electrons. The highest BCUT2D eigenvalue weighted by atomic mass is 14.2. The average Bonchev–Trinajstić information content (AvgIpc) is 2.40. The summed E-state index contributed by atoms with van der Waals surface area (Å²) in [7, 11) is 0. The first kappa shape index (κ1) is 20.0. The van der Waals surface area contributed by atoms with Crippen LogP contribution in [0.2, 0.25) is 0 Å². The molecule has 0 saturated heterocycles. The van der Waals surface area contributed by atoms with E-state index in [0.717, 1.165) is 11.8 Å². The Morgan fingerprint density at radius 2 is 1.25 bits per heavy atom. The van der Waals surface area contributed by atoms with Crippen LogP contribution < -0.4 is 0 Å². The summed E-state index contributed by atoms with van der Waals surface area (Å²) < 4.78 is 0. The Kier molecular flexibility index (Phi) is 11.6. The molecule has 0 saturated carbocycles. The maximum Gasteiger partial charge on any atom is -0.0357 e. The minimum Gasteiger partial charge on any atom is -0.0651 e. The smallest absolute Gasteiger partial charge is 0.0357 e. The van der Waals surface area contributed by atoms with Gasteiger partial charge in [-0.1, -0.05) is 106 Å². The molecule has 0 rings (SSSR count). The lowest BCUT2D eigenvalue weighted by molar-refractivity contribution is 0.306. The second kappa shape index (κ2) is 11.6. The van der Waals surface area contributed by atoms with E-state index in [1.165, 1.54) is 70.6 Å². The van der Waals surface area contributed by atoms with Crippen molar-refractivity contribution in [3.8, 4) is 0 Å². The highest BCUT2D eigenvalue weighted by molar-refractivity contribution is 4.66. The average molecular weight is 283 g/mol. The lowest BCUT2D eigenvalue weighted by atomic mass is 9.84. The van der Waals surface area contributed by atoms with E-state index < -0.39 is 0 Å². The first-order valence-electron chi connectivity index (χ1n) is 9.43. The highest BCUT2D eigenvalue weighted by Gasteiger charge is 2.13. The molecule has 0 spiro atoms. The van der Waals surface area contributed by atoms with Crippen molar-refractivity contribution >= 4 is 0 Å². The van der Waals surface area contributed by atoms with E-state index >= 15 is 0 Å². The molecule has 0 aliphatic carbocycles. The minimum absolute atomic E-state index is 0.575. The van der Waals surface area contributed by atoms with Gasteiger partial charge in [-0.25, -0.2) is 0 Å². The minimum atomic E-state index is 0.575. The van der Waals surface area contributed by atoms with Crippen LogP contribution in [0.5, 0.6) is 0 Å². The van der Waals surface area contributed by atoms with Crippen molar-refractivity contribution in [1.29, 1.82) is 0 Å². The lowest BCUT2D eigenvalue weighted by Gasteiger charge is -2.22. The van der Waals surface area contributed by atoms with Gasteiger partial charge in [-0.2, -0.15) is 0 Å². The summed E-state index contributed by atoms with van der Waals surface area (Å²) in [5.74, 6) is 1.84. The van der Waals surface area contributed by atoms with Gasteiger partial charge in [0.1, 0.15) is 0 Å². The Balaban J connectivity index is 3.33. The first-order chi connectivity index (χ1) is 9.43. The van der Waals surface area contributed by atoms with Crippen molar-refractivity contribution in [3.05, 3.63) is 0 Å². The third kappa shape index (κ3) is 10.7. The summed E-state index contributed by atoms with van der Waals surface area (Å²) in [5, 5.41) is 0. The van der Waals surface area contributed by atoms with Crippen molar-refractivity contribution in [1.82, 2.24) is 0 Å². The molecule has 0 fully saturated rings. The number of hydrogen-bond donors (Lipinski definition) is 0. The predicted octanol–water partition coefficient (Wildman–Crippen LogP) is 7.62. The molecule has 0 aromatic carbocycles. The standard InChI is InChI=1S/C20H42/c1-7-19(18(3)4)16-14-12-10-9-11-13-15-17-20(5,6)8-2/h18-19H,7-17H2,1-6H3. The van der Waals surface area contributed by atoms with E-state index in [1.807, 2.05) is 0 Å². The molecule has 20 heavy (non-hydrogen) atoms. The molecule has 0 aromatic rings. The molecule has 122 valence electrons. The van der Waals surface area contributed by atoms with E-state index in [0.29, 0.717) is 5.41 Å². The van der Waals surface area contributed by atoms with Crippen LogP contribution in [0.4, 0.5) is 0 Å². The Hall–Kier alpha value is 0. The van der Waals surface area contributed by atoms with Gasteiger partial charge in [0.15, 0.2) is 0 Å². The van der Waals surface area contributed by atoms with Gasteiger partial charge in [0.25, 0.3) is 0 Å². The summed E-state index contributed by atoms with van der Waals surface area (Å²) in [6.45, 7) is 14.2. The van der Waals surface area contributed by atoms with Crippen molar-refractivity contribution < 1.29 is 0 Å². The molecule has 0 nitrogen and oxygen atoms in total. The topological polar surface area (TPSA) is 0 Å². The second-order valence-electron chi connectivity index (χ2n) is 7.94. The molecule has 1 unspecified atom stereocenters. The quantitative estimate of drug-likeness (QED) is 0.305. The molecule has 0 amide bonds. The van der Waals surface area contributed by atoms with E-state index in [4.69, 9.17) is 0 Å². The van der Waals surface area contributed by atoms with Gasteiger partial charge in [0.2, 0.25) is 0 Å². The molecular formula is C20H42. The van der Waals surface area contributed by atoms with Crippen LogP contribution in [0.25, 0.3) is 0 Å². The summed E-state index contributed by atoms with van der Waals surface area (Å²) in [5.41, 5.74) is 0.575. The van der Waals surface area contributed by atoms with Gasteiger partial charge < -0.3 is 0 Å². The van der Waals surface area contributed by atoms with Gasteiger partial charge >= 0.3 is 0 Å². The zero-order valence-corrected chi connectivity index (χ0v) is 15.4. The fourth-order valence-electron chi connectivity index (χ4n) is 3.08. The summed E-state index contributed by atoms with van der Waals surface area (Å²) >= 11 is 0. The van der Waals surface area contributed by atoms with E-state index in [-0.39, 0.29) is 0 Å². The Morgan fingerprint density at radius 1 is 0.750 bits per heavy atom. The van der Waals surface area contributed by atoms with Crippen molar-refractivity contribution in [2.45, 2.75) is 112 Å². The third-order valence-electron chi connectivity index (χ3n) is 5.35. The molecule has 0 N–H and O–H groups in total. The monoisotopic (exact) mass is 282 g/mol. The Bertz CT molecular complexity index is 202. The van der Waals surface area contributed by atoms with Crippen LogP contribution in [-0.2, 0) is 0 Å². The van der Waals surface area contributed by atoms with Gasteiger partial charge in [-0.15, -0.1) is 0 Å². The zero-order chi connectivity index (χ0) is 15.4. The molecule has 0 bridgehead atoms. The van der Waals surface area contributed by atoms with Crippen LogP contribution in [-0.4, -0.2) is 0 Å². The predicted molar refractivity (Wildman–Crippen MR) is 94.2 cm³/mol. The molecule has 0 heteroatoms. The maximum absolute atomic E-state index is 2.41. The lowest BCUT2D eigenvalue weighted by Crippen LogP contribution is -2.08. The van der Waals surface area contributed by atoms with Crippen LogP contribution in [0.15, 0.2) is 0 Å². The van der Waals surface area contributed by atoms with Crippen LogP contribution in [0.1, 0.15) is 112 Å². The zero-order valence-electron chi connectivity index (χ0n) is 15.4. The van der Waals surface area contributed by atoms with Crippen molar-refractivity contribution in [2.75, 3.05) is 0 Å². The summed E-state index contributed by atoms with van der Waals surface area (Å²) in [4.78, 5) is 0. The molecule has 0 heterocycles. The van der Waals surface area contributed by atoms with E-state index in [2.05, 4.69) is 41.5 Å². The van der Waals surface area contributed by atoms with Gasteiger partial charge in [-0.3, -0.25) is 0 Å². The molecule has 0 aliphatic heterocycles. The maximum atomic E-state index is 2.41. The highest BCUT2D eigenvalue weighted by Crippen LogP contribution is 2.27. The second-order valence-corrected chi connectivity index (χ2v) is 7.94. The Morgan fingerprint density at radius 3 is 1.70 bits per heavy atom. The van der Waals surface area contributed by atoms with Gasteiger partial charge in [-0.05, 0) is 23.7 Å². The van der Waals surface area contributed by atoms with Crippen LogP contribution >= 0.6 is 0 Å². The molecular weight excluding hydrogens is 240 g/mol. The van der Waals surface area contributed by atoms with Crippen LogP contribution in [0, 0.1) is 17.3 Å². The van der Waals surface area contributed by atoms with Crippen LogP contribution in [0.3, 0.4) is 0 Å². The summed E-state index contributed by atoms with van der Waals surface area (Å²) in [6.07, 6.45) is 15.8. The van der Waals surface area contributed by atoms with Gasteiger partial charge in [0.05, 0.1) is 0 Å². The van der Waals surface area contributed by atoms with Crippen molar-refractivity contribution in [3.63, 3.8) is 0 Å². The number of hydrogen-bond acceptors (Lipinski definition) is 0. The van der Waals surface area contributed by atoms with E-state index in [1.54, 1.807) is 0 Å². The number of unbranched alkanes of at least 4 members (excludes halogenated alkanes) is 6. The molecule has 0 aliphatic rings. The fraction of sp³-hybridized carbons (Fsp3) is 1.00. The van der Waals surface area contributed by atoms with E-state index in [9.17, 15) is 0 Å². The van der Waals surface area contributed by atoms with Gasteiger partial charge in [0, 0.05) is 0 Å². The number of rotatable bonds is 13. The molecule has 1 atom stereocenters. The largest absolute Gasteiger partial charge is 0.0651 e. The molecule has 0 aromatic heterocycles. The Labute approximate surface area is 130 Å².